The summed E-state index contributed by atoms with van der Waals surface area (Å²) in [6.07, 6.45) is 3.63. The lowest BCUT2D eigenvalue weighted by molar-refractivity contribution is -0.138. The molecule has 3 aromatic rings. The highest BCUT2D eigenvalue weighted by Gasteiger charge is 2.12. The molecule has 0 saturated heterocycles. The van der Waals surface area contributed by atoms with Crippen LogP contribution in [0, 0.1) is 13.8 Å². The van der Waals surface area contributed by atoms with Crippen LogP contribution in [-0.4, -0.2) is 20.9 Å². The van der Waals surface area contributed by atoms with Crippen molar-refractivity contribution < 1.29 is 19.1 Å². The molecule has 2 heterocycles. The van der Waals surface area contributed by atoms with Crippen molar-refractivity contribution in [3.05, 3.63) is 62.8 Å². The molecule has 7 nitrogen and oxygen atoms in total. The number of aromatic nitrogens is 2. The number of carbonyl (C=O) groups excluding carboxylic acids is 1. The van der Waals surface area contributed by atoms with E-state index in [2.05, 4.69) is 5.10 Å². The van der Waals surface area contributed by atoms with Gasteiger partial charge in [-0.3, -0.25) is 4.68 Å². The molecule has 7 heteroatoms. The summed E-state index contributed by atoms with van der Waals surface area (Å²) in [5.41, 5.74) is 3.56. The Morgan fingerprint density at radius 2 is 2.04 bits per heavy atom. The second-order valence-electron chi connectivity index (χ2n) is 6.57. The molecule has 3 rings (SSSR count). The van der Waals surface area contributed by atoms with Gasteiger partial charge in [-0.05, 0) is 38.0 Å². The number of fused-ring (bicyclic) bond motifs is 1. The van der Waals surface area contributed by atoms with Gasteiger partial charge in [0.15, 0.2) is 0 Å². The van der Waals surface area contributed by atoms with Crippen LogP contribution in [-0.2, 0) is 29.6 Å². The number of hydrogen-bond acceptors (Lipinski definition) is 6. The van der Waals surface area contributed by atoms with Gasteiger partial charge in [0.1, 0.15) is 17.9 Å². The SMILES string of the molecule is CCc1cc2c(COC(=O)/C=C/c3c(C)nn(C)c3C)cc(=O)oc2cc1O. The molecule has 2 aromatic heterocycles. The molecular weight excluding hydrogens is 360 g/mol. The minimum Gasteiger partial charge on any atom is -0.508 e. The highest BCUT2D eigenvalue weighted by atomic mass is 16.5. The molecule has 1 aromatic carbocycles. The number of ether oxygens (including phenoxy) is 1. The van der Waals surface area contributed by atoms with E-state index in [0.717, 1.165) is 22.5 Å². The van der Waals surface area contributed by atoms with Crippen LogP contribution in [0.2, 0.25) is 0 Å². The van der Waals surface area contributed by atoms with Gasteiger partial charge in [0.05, 0.1) is 5.69 Å². The van der Waals surface area contributed by atoms with Gasteiger partial charge in [0.2, 0.25) is 0 Å². The van der Waals surface area contributed by atoms with Crippen LogP contribution in [0.5, 0.6) is 5.75 Å². The molecule has 0 radical (unpaired) electrons. The predicted molar refractivity (Wildman–Crippen MR) is 105 cm³/mol. The van der Waals surface area contributed by atoms with Crippen LogP contribution in [0.15, 0.2) is 33.5 Å². The third-order valence-electron chi connectivity index (χ3n) is 4.73. The van der Waals surface area contributed by atoms with Crippen LogP contribution in [0.4, 0.5) is 0 Å². The Balaban J connectivity index is 1.82. The molecule has 28 heavy (non-hydrogen) atoms. The first-order valence-corrected chi connectivity index (χ1v) is 8.93. The van der Waals surface area contributed by atoms with Crippen LogP contribution in [0.3, 0.4) is 0 Å². The molecule has 0 spiro atoms. The van der Waals surface area contributed by atoms with Gasteiger partial charge in [-0.25, -0.2) is 9.59 Å². The van der Waals surface area contributed by atoms with Gasteiger partial charge in [-0.15, -0.1) is 0 Å². The maximum Gasteiger partial charge on any atom is 0.336 e. The Bertz CT molecular complexity index is 1140. The number of nitrogens with zero attached hydrogens (tertiary/aromatic N) is 2. The highest BCUT2D eigenvalue weighted by Crippen LogP contribution is 2.27. The molecule has 0 aliphatic heterocycles. The van der Waals surface area contributed by atoms with Gasteiger partial charge < -0.3 is 14.3 Å². The van der Waals surface area contributed by atoms with E-state index >= 15 is 0 Å². The normalized spacial score (nSPS) is 11.4. The second kappa shape index (κ2) is 7.72. The van der Waals surface area contributed by atoms with Gasteiger partial charge in [0.25, 0.3) is 0 Å². The number of phenols is 1. The second-order valence-corrected chi connectivity index (χ2v) is 6.57. The van der Waals surface area contributed by atoms with Crippen LogP contribution in [0.1, 0.15) is 35.0 Å². The molecule has 1 N–H and O–H groups in total. The fourth-order valence-corrected chi connectivity index (χ4v) is 3.09. The van der Waals surface area contributed by atoms with Crippen molar-refractivity contribution in [2.75, 3.05) is 0 Å². The lowest BCUT2D eigenvalue weighted by Gasteiger charge is -2.08. The van der Waals surface area contributed by atoms with Crippen molar-refractivity contribution in [1.82, 2.24) is 9.78 Å². The molecule has 0 saturated carbocycles. The fourth-order valence-electron chi connectivity index (χ4n) is 3.09. The Hall–Kier alpha value is -3.35. The summed E-state index contributed by atoms with van der Waals surface area (Å²) in [5, 5.41) is 14.9. The molecular formula is C21H22N2O5. The number of benzene rings is 1. The van der Waals surface area contributed by atoms with E-state index in [1.165, 1.54) is 18.2 Å². The summed E-state index contributed by atoms with van der Waals surface area (Å²) in [5.74, 6) is -0.462. The third kappa shape index (κ3) is 3.83. The highest BCUT2D eigenvalue weighted by molar-refractivity contribution is 5.88. The van der Waals surface area contributed by atoms with E-state index in [4.69, 9.17) is 9.15 Å². The first-order chi connectivity index (χ1) is 13.3. The zero-order valence-electron chi connectivity index (χ0n) is 16.3. The number of phenolic OH excluding ortho intramolecular Hbond substituents is 1. The van der Waals surface area contributed by atoms with Crippen LogP contribution < -0.4 is 5.63 Å². The van der Waals surface area contributed by atoms with Crippen molar-refractivity contribution in [1.29, 1.82) is 0 Å². The number of esters is 1. The maximum absolute atomic E-state index is 12.1. The Morgan fingerprint density at radius 3 is 2.68 bits per heavy atom. The van der Waals surface area contributed by atoms with Crippen molar-refractivity contribution >= 4 is 23.0 Å². The number of carbonyl (C=O) groups is 1. The number of rotatable bonds is 5. The summed E-state index contributed by atoms with van der Waals surface area (Å²) in [6, 6.07) is 4.45. The molecule has 0 aliphatic rings. The largest absolute Gasteiger partial charge is 0.508 e. The summed E-state index contributed by atoms with van der Waals surface area (Å²) >= 11 is 0. The van der Waals surface area contributed by atoms with Crippen LogP contribution in [0.25, 0.3) is 17.0 Å². The Labute approximate surface area is 161 Å². The predicted octanol–water partition coefficient (Wildman–Crippen LogP) is 3.17. The standard InChI is InChI=1S/C21H22N2O5/c1-5-14-8-17-15(9-21(26)28-19(17)10-18(14)24)11-27-20(25)7-6-16-12(2)22-23(4)13(16)3/h6-10,24H,5,11H2,1-4H3/b7-6+. The average Bonchev–Trinajstić information content (AvgIpc) is 2.89. The average molecular weight is 382 g/mol. The zero-order valence-corrected chi connectivity index (χ0v) is 16.3. The number of aromatic hydroxyl groups is 1. The lowest BCUT2D eigenvalue weighted by Crippen LogP contribution is -2.06. The first-order valence-electron chi connectivity index (χ1n) is 8.93. The third-order valence-corrected chi connectivity index (χ3v) is 4.73. The van der Waals surface area contributed by atoms with Gasteiger partial charge in [-0.1, -0.05) is 6.92 Å². The van der Waals surface area contributed by atoms with Crippen molar-refractivity contribution in [2.24, 2.45) is 7.05 Å². The molecule has 0 fully saturated rings. The van der Waals surface area contributed by atoms with Gasteiger partial charge >= 0.3 is 11.6 Å². The van der Waals surface area contributed by atoms with Crippen molar-refractivity contribution in [2.45, 2.75) is 33.8 Å². The zero-order chi connectivity index (χ0) is 20.4. The minimum absolute atomic E-state index is 0.0671. The number of aryl methyl sites for hydroxylation is 3. The quantitative estimate of drug-likeness (QED) is 0.414. The first kappa shape index (κ1) is 19.4. The van der Waals surface area contributed by atoms with Crippen molar-refractivity contribution in [3.8, 4) is 5.75 Å². The molecule has 0 unspecified atom stereocenters. The van der Waals surface area contributed by atoms with E-state index in [1.807, 2.05) is 27.8 Å². The fraction of sp³-hybridized carbons (Fsp3) is 0.286. The molecule has 0 amide bonds. The van der Waals surface area contributed by atoms with Crippen molar-refractivity contribution in [3.63, 3.8) is 0 Å². The molecule has 0 atom stereocenters. The Kier molecular flexibility index (Phi) is 5.35. The van der Waals surface area contributed by atoms with E-state index in [-0.39, 0.29) is 17.9 Å². The summed E-state index contributed by atoms with van der Waals surface area (Å²) < 4.78 is 12.2. The lowest BCUT2D eigenvalue weighted by atomic mass is 10.0. The summed E-state index contributed by atoms with van der Waals surface area (Å²) in [6.45, 7) is 5.62. The van der Waals surface area contributed by atoms with E-state index < -0.39 is 11.6 Å². The monoisotopic (exact) mass is 382 g/mol. The van der Waals surface area contributed by atoms with E-state index in [1.54, 1.807) is 16.8 Å². The number of hydrogen-bond donors (Lipinski definition) is 1. The molecule has 0 aliphatic carbocycles. The topological polar surface area (TPSA) is 94.6 Å². The maximum atomic E-state index is 12.1. The molecule has 0 bridgehead atoms. The van der Waals surface area contributed by atoms with E-state index in [0.29, 0.717) is 17.4 Å². The van der Waals surface area contributed by atoms with Gasteiger partial charge in [0, 0.05) is 47.5 Å². The summed E-state index contributed by atoms with van der Waals surface area (Å²) in [7, 11) is 1.84. The molecule has 146 valence electrons. The van der Waals surface area contributed by atoms with E-state index in [9.17, 15) is 14.7 Å². The van der Waals surface area contributed by atoms with Gasteiger partial charge in [-0.2, -0.15) is 5.10 Å². The summed E-state index contributed by atoms with van der Waals surface area (Å²) in [4.78, 5) is 23.9. The van der Waals surface area contributed by atoms with Crippen LogP contribution >= 0.6 is 0 Å². The Morgan fingerprint density at radius 1 is 1.29 bits per heavy atom. The smallest absolute Gasteiger partial charge is 0.336 e. The minimum atomic E-state index is -0.570.